The zero-order valence-corrected chi connectivity index (χ0v) is 10.3. The number of aryl methyl sites for hydroxylation is 1. The van der Waals surface area contributed by atoms with Gasteiger partial charge in [-0.1, -0.05) is 22.3 Å². The molecular weight excluding hydrogens is 264 g/mol. The van der Waals surface area contributed by atoms with Crippen LogP contribution >= 0.6 is 11.6 Å². The van der Waals surface area contributed by atoms with Crippen LogP contribution < -0.4 is 4.68 Å². The monoisotopic (exact) mass is 273 g/mol. The first-order valence-corrected chi connectivity index (χ1v) is 6.84. The normalized spacial score (nSPS) is 11.9. The lowest BCUT2D eigenvalue weighted by atomic mass is 10.2. The minimum atomic E-state index is -3.97. The molecule has 1 heterocycles. The Morgan fingerprint density at radius 3 is 2.82 bits per heavy atom. The third-order valence-electron chi connectivity index (χ3n) is 2.26. The summed E-state index contributed by atoms with van der Waals surface area (Å²) in [6.45, 7) is 0.0985. The standard InChI is InChI=1S/C10H9ClN2O3S/c11-9-2-1-3-10-8(9)4-5-13(12-10)6-7-17(14,15)16/h1-5H,6-7H2/p+1. The quantitative estimate of drug-likeness (QED) is 0.671. The first-order chi connectivity index (χ1) is 7.96. The molecule has 17 heavy (non-hydrogen) atoms. The van der Waals surface area contributed by atoms with E-state index < -0.39 is 10.1 Å². The highest BCUT2D eigenvalue weighted by molar-refractivity contribution is 7.85. The lowest BCUT2D eigenvalue weighted by Gasteiger charge is -1.98. The van der Waals surface area contributed by atoms with E-state index in [9.17, 15) is 8.42 Å². The van der Waals surface area contributed by atoms with E-state index in [1.165, 1.54) is 4.68 Å². The van der Waals surface area contributed by atoms with Gasteiger partial charge in [-0.2, -0.15) is 8.42 Å². The van der Waals surface area contributed by atoms with Crippen LogP contribution in [0.5, 0.6) is 0 Å². The maximum atomic E-state index is 10.6. The first kappa shape index (κ1) is 12.2. The van der Waals surface area contributed by atoms with Gasteiger partial charge in [-0.25, -0.2) is 0 Å². The van der Waals surface area contributed by atoms with Crippen LogP contribution in [-0.4, -0.2) is 23.8 Å². The van der Waals surface area contributed by atoms with E-state index in [0.29, 0.717) is 10.5 Å². The van der Waals surface area contributed by atoms with E-state index in [1.807, 2.05) is 0 Å². The minimum absolute atomic E-state index is 0.0985. The largest absolute Gasteiger partial charge is 0.285 e. The van der Waals surface area contributed by atoms with E-state index in [4.69, 9.17) is 16.2 Å². The molecule has 0 aliphatic heterocycles. The number of hydrogen-bond donors (Lipinski definition) is 1. The maximum Gasteiger partial charge on any atom is 0.271 e. The molecule has 5 nitrogen and oxygen atoms in total. The summed E-state index contributed by atoms with van der Waals surface area (Å²) in [5.41, 5.74) is 0.676. The average molecular weight is 274 g/mol. The second-order valence-corrected chi connectivity index (χ2v) is 5.52. The molecule has 0 aliphatic carbocycles. The zero-order valence-electron chi connectivity index (χ0n) is 8.75. The van der Waals surface area contributed by atoms with Crippen LogP contribution in [0.2, 0.25) is 5.02 Å². The summed E-state index contributed by atoms with van der Waals surface area (Å²) in [6, 6.07) is 7.07. The summed E-state index contributed by atoms with van der Waals surface area (Å²) in [5, 5.41) is 5.59. The van der Waals surface area contributed by atoms with Gasteiger partial charge >= 0.3 is 0 Å². The third kappa shape index (κ3) is 3.12. The number of halogens is 1. The first-order valence-electron chi connectivity index (χ1n) is 4.86. The summed E-state index contributed by atoms with van der Waals surface area (Å²) < 4.78 is 31.3. The van der Waals surface area contributed by atoms with Gasteiger partial charge in [-0.05, 0) is 12.1 Å². The van der Waals surface area contributed by atoms with Gasteiger partial charge in [0.2, 0.25) is 0 Å². The van der Waals surface area contributed by atoms with E-state index in [-0.39, 0.29) is 12.3 Å². The van der Waals surface area contributed by atoms with Crippen molar-refractivity contribution in [1.82, 2.24) is 5.10 Å². The zero-order chi connectivity index (χ0) is 12.5. The van der Waals surface area contributed by atoms with Gasteiger partial charge in [0.05, 0.1) is 5.02 Å². The maximum absolute atomic E-state index is 10.6. The Bertz CT molecular complexity index is 658. The lowest BCUT2D eigenvalue weighted by molar-refractivity contribution is -0.747. The van der Waals surface area contributed by atoms with Gasteiger partial charge < -0.3 is 0 Å². The fourth-order valence-corrected chi connectivity index (χ4v) is 2.09. The van der Waals surface area contributed by atoms with Crippen molar-refractivity contribution in [3.05, 3.63) is 35.5 Å². The van der Waals surface area contributed by atoms with Crippen LogP contribution in [0.25, 0.3) is 10.9 Å². The second kappa shape index (κ2) is 4.56. The van der Waals surface area contributed by atoms with Crippen LogP contribution in [0.15, 0.2) is 30.5 Å². The Kier molecular flexibility index (Phi) is 3.28. The SMILES string of the molecule is O=S(=O)(O)CC[n+]1ccc2c(Cl)cccc2n1. The van der Waals surface area contributed by atoms with Gasteiger partial charge in [-0.3, -0.25) is 4.55 Å². The van der Waals surface area contributed by atoms with Gasteiger partial charge in [0.15, 0.2) is 12.7 Å². The molecule has 1 aromatic heterocycles. The van der Waals surface area contributed by atoms with E-state index in [0.717, 1.165) is 5.39 Å². The number of benzene rings is 1. The highest BCUT2D eigenvalue weighted by Gasteiger charge is 2.12. The third-order valence-corrected chi connectivity index (χ3v) is 3.29. The van der Waals surface area contributed by atoms with Crippen LogP contribution in [-0.2, 0) is 16.7 Å². The fraction of sp³-hybridized carbons (Fsp3) is 0.200. The van der Waals surface area contributed by atoms with Crippen molar-refractivity contribution >= 4 is 32.6 Å². The highest BCUT2D eigenvalue weighted by Crippen LogP contribution is 2.19. The molecular formula is C10H10ClN2O3S+. The molecule has 90 valence electrons. The fourth-order valence-electron chi connectivity index (χ4n) is 1.44. The summed E-state index contributed by atoms with van der Waals surface area (Å²) in [6.07, 6.45) is 1.62. The second-order valence-electron chi connectivity index (χ2n) is 3.54. The Hall–Kier alpha value is -1.24. The van der Waals surface area contributed by atoms with Gasteiger partial charge in [0, 0.05) is 16.6 Å². The van der Waals surface area contributed by atoms with Crippen molar-refractivity contribution in [2.75, 3.05) is 5.75 Å². The molecule has 0 atom stereocenters. The van der Waals surface area contributed by atoms with Gasteiger partial charge in [0.25, 0.3) is 10.1 Å². The van der Waals surface area contributed by atoms with Crippen LogP contribution in [0.1, 0.15) is 0 Å². The molecule has 2 rings (SSSR count). The van der Waals surface area contributed by atoms with E-state index >= 15 is 0 Å². The number of hydrogen-bond acceptors (Lipinski definition) is 3. The molecule has 1 N–H and O–H groups in total. The lowest BCUT2D eigenvalue weighted by Crippen LogP contribution is -2.40. The predicted molar refractivity (Wildman–Crippen MR) is 63.4 cm³/mol. The molecule has 0 saturated heterocycles. The van der Waals surface area contributed by atoms with Crippen LogP contribution in [0, 0.1) is 0 Å². The van der Waals surface area contributed by atoms with Crippen molar-refractivity contribution in [2.24, 2.45) is 0 Å². The number of rotatable bonds is 3. The van der Waals surface area contributed by atoms with Crippen molar-refractivity contribution in [1.29, 1.82) is 0 Å². The molecule has 0 aliphatic rings. The Morgan fingerprint density at radius 2 is 2.12 bits per heavy atom. The van der Waals surface area contributed by atoms with E-state index in [2.05, 4.69) is 5.10 Å². The van der Waals surface area contributed by atoms with Crippen LogP contribution in [0.4, 0.5) is 0 Å². The molecule has 0 saturated carbocycles. The van der Waals surface area contributed by atoms with Crippen LogP contribution in [0.3, 0.4) is 0 Å². The summed E-state index contributed by atoms with van der Waals surface area (Å²) in [7, 11) is -3.97. The minimum Gasteiger partial charge on any atom is -0.285 e. The molecule has 0 unspecified atom stereocenters. The van der Waals surface area contributed by atoms with E-state index in [1.54, 1.807) is 30.5 Å². The van der Waals surface area contributed by atoms with Crippen molar-refractivity contribution in [2.45, 2.75) is 6.54 Å². The molecule has 0 radical (unpaired) electrons. The molecule has 0 spiro atoms. The van der Waals surface area contributed by atoms with Crippen molar-refractivity contribution in [3.8, 4) is 0 Å². The molecule has 0 amide bonds. The number of fused-ring (bicyclic) bond motifs is 1. The Morgan fingerprint density at radius 1 is 1.35 bits per heavy atom. The Labute approximate surface area is 103 Å². The Balaban J connectivity index is 2.32. The topological polar surface area (TPSA) is 71.1 Å². The molecule has 0 bridgehead atoms. The average Bonchev–Trinajstić information content (AvgIpc) is 2.26. The van der Waals surface area contributed by atoms with Crippen molar-refractivity contribution < 1.29 is 17.7 Å². The molecule has 2 aromatic rings. The number of aromatic nitrogens is 2. The van der Waals surface area contributed by atoms with Gasteiger partial charge in [-0.15, -0.1) is 0 Å². The number of nitrogens with zero attached hydrogens (tertiary/aromatic N) is 2. The summed E-state index contributed by atoms with van der Waals surface area (Å²) in [4.78, 5) is 0. The van der Waals surface area contributed by atoms with Gasteiger partial charge in [0.1, 0.15) is 11.3 Å². The van der Waals surface area contributed by atoms with Crippen molar-refractivity contribution in [3.63, 3.8) is 0 Å². The smallest absolute Gasteiger partial charge is 0.271 e. The molecule has 0 fully saturated rings. The predicted octanol–water partition coefficient (Wildman–Crippen LogP) is 1.06. The highest BCUT2D eigenvalue weighted by atomic mass is 35.5. The summed E-state index contributed by atoms with van der Waals surface area (Å²) >= 11 is 5.97. The summed E-state index contributed by atoms with van der Waals surface area (Å²) in [5.74, 6) is -0.364. The molecule has 7 heteroatoms. The molecule has 1 aromatic carbocycles.